The lowest BCUT2D eigenvalue weighted by Crippen LogP contribution is -2.11. The van der Waals surface area contributed by atoms with Crippen molar-refractivity contribution in [2.24, 2.45) is 5.73 Å². The van der Waals surface area contributed by atoms with Crippen molar-refractivity contribution in [3.8, 4) is 0 Å². The molecule has 3 rings (SSSR count). The molecule has 0 aliphatic heterocycles. The zero-order valence-electron chi connectivity index (χ0n) is 11.1. The maximum Gasteiger partial charge on any atom is 0.110 e. The summed E-state index contributed by atoms with van der Waals surface area (Å²) >= 11 is 1.84. The Morgan fingerprint density at radius 1 is 1.16 bits per heavy atom. The molecule has 1 aromatic heterocycles. The number of hydrogen-bond acceptors (Lipinski definition) is 3. The largest absolute Gasteiger partial charge is 0.322 e. The van der Waals surface area contributed by atoms with Gasteiger partial charge in [0.2, 0.25) is 0 Å². The van der Waals surface area contributed by atoms with E-state index in [1.165, 1.54) is 35.4 Å². The Morgan fingerprint density at radius 3 is 2.74 bits per heavy atom. The van der Waals surface area contributed by atoms with Gasteiger partial charge in [0.25, 0.3) is 0 Å². The van der Waals surface area contributed by atoms with Crippen molar-refractivity contribution in [2.45, 2.75) is 44.6 Å². The van der Waals surface area contributed by atoms with Crippen LogP contribution < -0.4 is 5.73 Å². The van der Waals surface area contributed by atoms with Crippen LogP contribution in [0.4, 0.5) is 0 Å². The summed E-state index contributed by atoms with van der Waals surface area (Å²) in [6.07, 6.45) is 6.97. The molecule has 0 amide bonds. The van der Waals surface area contributed by atoms with Crippen molar-refractivity contribution in [1.82, 2.24) is 4.98 Å². The van der Waals surface area contributed by atoms with E-state index in [1.807, 2.05) is 11.3 Å². The normalized spacial score (nSPS) is 16.1. The van der Waals surface area contributed by atoms with E-state index < -0.39 is 0 Å². The van der Waals surface area contributed by atoms with Crippen LogP contribution in [-0.4, -0.2) is 4.98 Å². The Balaban J connectivity index is 1.64. The fourth-order valence-electron chi connectivity index (χ4n) is 2.62. The summed E-state index contributed by atoms with van der Waals surface area (Å²) in [4.78, 5) is 6.24. The molecule has 0 radical (unpaired) electrons. The maximum absolute atomic E-state index is 6.30. The molecule has 0 spiro atoms. The van der Waals surface area contributed by atoms with Gasteiger partial charge in [-0.25, -0.2) is 4.98 Å². The highest BCUT2D eigenvalue weighted by Crippen LogP contribution is 2.30. The number of aryl methyl sites for hydroxylation is 3. The zero-order valence-corrected chi connectivity index (χ0v) is 12.0. The lowest BCUT2D eigenvalue weighted by Gasteiger charge is -2.08. The van der Waals surface area contributed by atoms with E-state index in [9.17, 15) is 0 Å². The molecule has 1 heterocycles. The van der Waals surface area contributed by atoms with Crippen molar-refractivity contribution in [3.05, 3.63) is 51.5 Å². The first-order valence-corrected chi connectivity index (χ1v) is 7.92. The summed E-state index contributed by atoms with van der Waals surface area (Å²) in [6.45, 7) is 0. The standard InChI is InChI=1S/C16H20N2S/c17-13(11-10-12-6-2-1-3-7-12)16-18-14-8-4-5-9-15(14)19-16/h1-3,6-7,13H,4-5,8-11,17H2. The van der Waals surface area contributed by atoms with E-state index in [0.29, 0.717) is 0 Å². The zero-order chi connectivity index (χ0) is 13.1. The average molecular weight is 272 g/mol. The van der Waals surface area contributed by atoms with Crippen LogP contribution in [0.3, 0.4) is 0 Å². The Morgan fingerprint density at radius 2 is 1.95 bits per heavy atom. The monoisotopic (exact) mass is 272 g/mol. The number of aromatic nitrogens is 1. The first kappa shape index (κ1) is 12.8. The Bertz CT molecular complexity index is 509. The fourth-order valence-corrected chi connectivity index (χ4v) is 3.81. The number of rotatable bonds is 4. The van der Waals surface area contributed by atoms with Crippen LogP contribution in [-0.2, 0) is 19.3 Å². The van der Waals surface area contributed by atoms with E-state index >= 15 is 0 Å². The Labute approximate surface area is 118 Å². The predicted molar refractivity (Wildman–Crippen MR) is 80.4 cm³/mol. The maximum atomic E-state index is 6.30. The summed E-state index contributed by atoms with van der Waals surface area (Å²) in [5, 5.41) is 1.14. The third kappa shape index (κ3) is 3.04. The van der Waals surface area contributed by atoms with Gasteiger partial charge in [-0.1, -0.05) is 30.3 Å². The molecule has 0 fully saturated rings. The fraction of sp³-hybridized carbons (Fsp3) is 0.438. The molecule has 1 aromatic carbocycles. The van der Waals surface area contributed by atoms with Crippen LogP contribution in [0, 0.1) is 0 Å². The molecule has 0 saturated carbocycles. The molecule has 100 valence electrons. The van der Waals surface area contributed by atoms with Gasteiger partial charge in [-0.2, -0.15) is 0 Å². The first-order chi connectivity index (χ1) is 9.33. The van der Waals surface area contributed by atoms with Gasteiger partial charge in [-0.3, -0.25) is 0 Å². The molecule has 2 N–H and O–H groups in total. The average Bonchev–Trinajstić information content (AvgIpc) is 2.90. The first-order valence-electron chi connectivity index (χ1n) is 7.11. The summed E-state index contributed by atoms with van der Waals surface area (Å²) in [6, 6.07) is 10.7. The van der Waals surface area contributed by atoms with Crippen LogP contribution in [0.5, 0.6) is 0 Å². The highest BCUT2D eigenvalue weighted by Gasteiger charge is 2.18. The van der Waals surface area contributed by atoms with Crippen molar-refractivity contribution in [1.29, 1.82) is 0 Å². The molecule has 1 aliphatic rings. The van der Waals surface area contributed by atoms with Crippen molar-refractivity contribution in [3.63, 3.8) is 0 Å². The Hall–Kier alpha value is -1.19. The van der Waals surface area contributed by atoms with Gasteiger partial charge < -0.3 is 5.73 Å². The van der Waals surface area contributed by atoms with Gasteiger partial charge >= 0.3 is 0 Å². The van der Waals surface area contributed by atoms with Gasteiger partial charge in [0.1, 0.15) is 5.01 Å². The molecule has 1 aliphatic carbocycles. The van der Waals surface area contributed by atoms with E-state index in [2.05, 4.69) is 30.3 Å². The molecular formula is C16H20N2S. The van der Waals surface area contributed by atoms with E-state index in [-0.39, 0.29) is 6.04 Å². The van der Waals surface area contributed by atoms with Gasteiger partial charge in [0.15, 0.2) is 0 Å². The topological polar surface area (TPSA) is 38.9 Å². The van der Waals surface area contributed by atoms with Gasteiger partial charge in [0, 0.05) is 4.88 Å². The van der Waals surface area contributed by atoms with Gasteiger partial charge in [-0.05, 0) is 44.1 Å². The third-order valence-electron chi connectivity index (χ3n) is 3.77. The molecular weight excluding hydrogens is 252 g/mol. The predicted octanol–water partition coefficient (Wildman–Crippen LogP) is 3.65. The second-order valence-electron chi connectivity index (χ2n) is 5.26. The number of thiazole rings is 1. The molecule has 1 unspecified atom stereocenters. The number of benzene rings is 1. The van der Waals surface area contributed by atoms with Crippen molar-refractivity contribution in [2.75, 3.05) is 0 Å². The van der Waals surface area contributed by atoms with E-state index in [4.69, 9.17) is 10.7 Å². The van der Waals surface area contributed by atoms with E-state index in [0.717, 1.165) is 24.3 Å². The highest BCUT2D eigenvalue weighted by molar-refractivity contribution is 7.11. The van der Waals surface area contributed by atoms with Crippen molar-refractivity contribution >= 4 is 11.3 Å². The molecule has 1 atom stereocenters. The minimum absolute atomic E-state index is 0.0933. The van der Waals surface area contributed by atoms with E-state index in [1.54, 1.807) is 0 Å². The smallest absolute Gasteiger partial charge is 0.110 e. The third-order valence-corrected chi connectivity index (χ3v) is 5.06. The number of fused-ring (bicyclic) bond motifs is 1. The SMILES string of the molecule is NC(CCc1ccccc1)c1nc2c(s1)CCCC2. The minimum Gasteiger partial charge on any atom is -0.322 e. The molecule has 19 heavy (non-hydrogen) atoms. The summed E-state index contributed by atoms with van der Waals surface area (Å²) < 4.78 is 0. The molecule has 3 heteroatoms. The summed E-state index contributed by atoms with van der Waals surface area (Å²) in [5.41, 5.74) is 8.98. The van der Waals surface area contributed by atoms with Crippen LogP contribution in [0.2, 0.25) is 0 Å². The highest BCUT2D eigenvalue weighted by atomic mass is 32.1. The number of nitrogens with two attached hydrogens (primary N) is 1. The Kier molecular flexibility index (Phi) is 3.95. The molecule has 0 saturated heterocycles. The van der Waals surface area contributed by atoms with Gasteiger partial charge in [-0.15, -0.1) is 11.3 Å². The number of hydrogen-bond donors (Lipinski definition) is 1. The van der Waals surface area contributed by atoms with Crippen LogP contribution in [0.1, 0.15) is 46.4 Å². The minimum atomic E-state index is 0.0933. The quantitative estimate of drug-likeness (QED) is 0.922. The summed E-state index contributed by atoms with van der Waals surface area (Å²) in [7, 11) is 0. The van der Waals surface area contributed by atoms with Crippen molar-refractivity contribution < 1.29 is 0 Å². The lowest BCUT2D eigenvalue weighted by atomic mass is 10.0. The lowest BCUT2D eigenvalue weighted by molar-refractivity contribution is 0.636. The molecule has 2 aromatic rings. The van der Waals surface area contributed by atoms with Crippen LogP contribution >= 0.6 is 11.3 Å². The second kappa shape index (κ2) is 5.85. The summed E-state index contributed by atoms with van der Waals surface area (Å²) in [5.74, 6) is 0. The molecule has 0 bridgehead atoms. The second-order valence-corrected chi connectivity index (χ2v) is 6.38. The number of nitrogens with zero attached hydrogens (tertiary/aromatic N) is 1. The molecule has 2 nitrogen and oxygen atoms in total. The van der Waals surface area contributed by atoms with Gasteiger partial charge in [0.05, 0.1) is 11.7 Å². The van der Waals surface area contributed by atoms with Crippen LogP contribution in [0.15, 0.2) is 30.3 Å². The van der Waals surface area contributed by atoms with Crippen LogP contribution in [0.25, 0.3) is 0 Å².